The van der Waals surface area contributed by atoms with E-state index < -0.39 is 36.4 Å². The third-order valence-electron chi connectivity index (χ3n) is 4.18. The Morgan fingerprint density at radius 3 is 2.52 bits per heavy atom. The van der Waals surface area contributed by atoms with Gasteiger partial charge in [-0.05, 0) is 38.3 Å². The van der Waals surface area contributed by atoms with Crippen LogP contribution in [0.1, 0.15) is 55.8 Å². The van der Waals surface area contributed by atoms with Crippen LogP contribution in [0.3, 0.4) is 0 Å². The first-order valence-corrected chi connectivity index (χ1v) is 8.64. The highest BCUT2D eigenvalue weighted by atomic mass is 16.6. The first kappa shape index (κ1) is 19.1. The number of aliphatic hydroxyl groups excluding tert-OH is 1. The van der Waals surface area contributed by atoms with E-state index in [0.29, 0.717) is 12.8 Å². The number of ether oxygens (including phenoxy) is 2. The van der Waals surface area contributed by atoms with E-state index in [-0.39, 0.29) is 11.7 Å². The van der Waals surface area contributed by atoms with Gasteiger partial charge < -0.3 is 14.6 Å². The lowest BCUT2D eigenvalue weighted by Crippen LogP contribution is -2.38. The van der Waals surface area contributed by atoms with Crippen LogP contribution in [0, 0.1) is 0 Å². The van der Waals surface area contributed by atoms with Crippen molar-refractivity contribution in [1.29, 1.82) is 0 Å². The molecule has 0 amide bonds. The van der Waals surface area contributed by atoms with Gasteiger partial charge in [0.1, 0.15) is 6.10 Å². The zero-order valence-electron chi connectivity index (χ0n) is 14.3. The smallest absolute Gasteiger partial charge is 0.338 e. The molecule has 25 heavy (non-hydrogen) atoms. The first-order chi connectivity index (χ1) is 12.0. The van der Waals surface area contributed by atoms with Crippen LogP contribution in [0.25, 0.3) is 0 Å². The van der Waals surface area contributed by atoms with Crippen LogP contribution in [0.5, 0.6) is 0 Å². The van der Waals surface area contributed by atoms with E-state index in [1.54, 1.807) is 37.3 Å². The molecule has 0 saturated carbocycles. The Morgan fingerprint density at radius 1 is 1.12 bits per heavy atom. The topological polar surface area (TPSA) is 89.9 Å². The molecular weight excluding hydrogens is 324 g/mol. The molecule has 0 bridgehead atoms. The summed E-state index contributed by atoms with van der Waals surface area (Å²) in [5.74, 6) is -1.98. The summed E-state index contributed by atoms with van der Waals surface area (Å²) in [5, 5.41) is 10.1. The quantitative estimate of drug-likeness (QED) is 0.826. The Hall–Kier alpha value is -2.21. The fraction of sp³-hybridized carbons (Fsp3) is 0.526. The Morgan fingerprint density at radius 2 is 1.80 bits per heavy atom. The van der Waals surface area contributed by atoms with Crippen LogP contribution in [-0.2, 0) is 19.1 Å². The summed E-state index contributed by atoms with van der Waals surface area (Å²) in [6, 6.07) is 8.20. The van der Waals surface area contributed by atoms with Gasteiger partial charge in [0.25, 0.3) is 0 Å². The van der Waals surface area contributed by atoms with Crippen molar-refractivity contribution in [3.8, 4) is 0 Å². The fourth-order valence-electron chi connectivity index (χ4n) is 2.76. The summed E-state index contributed by atoms with van der Waals surface area (Å²) >= 11 is 0. The van der Waals surface area contributed by atoms with Gasteiger partial charge in [-0.25, -0.2) is 4.79 Å². The molecule has 3 atom stereocenters. The lowest BCUT2D eigenvalue weighted by molar-refractivity contribution is -0.155. The molecule has 1 aliphatic rings. The largest absolute Gasteiger partial charge is 0.463 e. The van der Waals surface area contributed by atoms with Crippen molar-refractivity contribution in [2.24, 2.45) is 0 Å². The molecular formula is C19H24O6. The number of aliphatic hydroxyl groups is 1. The molecule has 1 aliphatic heterocycles. The maximum Gasteiger partial charge on any atom is 0.338 e. The van der Waals surface area contributed by atoms with Crippen molar-refractivity contribution >= 4 is 17.7 Å². The number of Topliss-reactive ketones (excluding diaryl/α,β-unsaturated/α-hetero) is 1. The van der Waals surface area contributed by atoms with Crippen molar-refractivity contribution in [3.05, 3.63) is 35.9 Å². The number of esters is 2. The molecule has 6 heteroatoms. The molecule has 0 aromatic heterocycles. The third-order valence-corrected chi connectivity index (χ3v) is 4.18. The van der Waals surface area contributed by atoms with Crippen LogP contribution in [0.2, 0.25) is 0 Å². The van der Waals surface area contributed by atoms with Crippen LogP contribution < -0.4 is 0 Å². The Kier molecular flexibility index (Phi) is 7.13. The zero-order chi connectivity index (χ0) is 18.2. The van der Waals surface area contributed by atoms with Crippen molar-refractivity contribution in [1.82, 2.24) is 0 Å². The van der Waals surface area contributed by atoms with Gasteiger partial charge in [-0.15, -0.1) is 0 Å². The van der Waals surface area contributed by atoms with E-state index in [1.807, 2.05) is 0 Å². The third kappa shape index (κ3) is 5.98. The second-order valence-corrected chi connectivity index (χ2v) is 6.32. The molecule has 0 aliphatic carbocycles. The lowest BCUT2D eigenvalue weighted by atomic mass is 10.00. The fourth-order valence-corrected chi connectivity index (χ4v) is 2.76. The molecule has 6 nitrogen and oxygen atoms in total. The molecule has 1 fully saturated rings. The Labute approximate surface area is 147 Å². The first-order valence-electron chi connectivity index (χ1n) is 8.64. The minimum absolute atomic E-state index is 0.252. The van der Waals surface area contributed by atoms with E-state index in [0.717, 1.165) is 19.3 Å². The minimum Gasteiger partial charge on any atom is -0.463 e. The highest BCUT2D eigenvalue weighted by Crippen LogP contribution is 2.17. The lowest BCUT2D eigenvalue weighted by Gasteiger charge is -2.21. The van der Waals surface area contributed by atoms with E-state index in [2.05, 4.69) is 0 Å². The SMILES string of the molecule is C[C@H]1CCCCC[C@H](O)C(=O)[C@H](OC(=O)c2ccccc2)CC(=O)O1. The number of ketones is 1. The maximum absolute atomic E-state index is 12.4. The predicted molar refractivity (Wildman–Crippen MR) is 89.9 cm³/mol. The van der Waals surface area contributed by atoms with Gasteiger partial charge in [0.15, 0.2) is 6.10 Å². The number of cyclic esters (lactones) is 1. The average molecular weight is 348 g/mol. The monoisotopic (exact) mass is 348 g/mol. The summed E-state index contributed by atoms with van der Waals surface area (Å²) in [6.07, 6.45) is 0.164. The van der Waals surface area contributed by atoms with Crippen molar-refractivity contribution in [3.63, 3.8) is 0 Å². The van der Waals surface area contributed by atoms with Gasteiger partial charge in [0.2, 0.25) is 5.78 Å². The van der Waals surface area contributed by atoms with Crippen LogP contribution in [0.4, 0.5) is 0 Å². The molecule has 0 spiro atoms. The number of rotatable bonds is 2. The number of hydrogen-bond donors (Lipinski definition) is 1. The highest BCUT2D eigenvalue weighted by Gasteiger charge is 2.32. The van der Waals surface area contributed by atoms with Crippen LogP contribution in [-0.4, -0.2) is 41.1 Å². The van der Waals surface area contributed by atoms with E-state index in [4.69, 9.17) is 9.47 Å². The average Bonchev–Trinajstić information content (AvgIpc) is 2.59. The molecule has 136 valence electrons. The normalized spacial score (nSPS) is 26.1. The number of benzene rings is 1. The van der Waals surface area contributed by atoms with Gasteiger partial charge in [0.05, 0.1) is 18.1 Å². The molecule has 1 saturated heterocycles. The molecule has 1 heterocycles. The summed E-state index contributed by atoms with van der Waals surface area (Å²) in [4.78, 5) is 36.7. The summed E-state index contributed by atoms with van der Waals surface area (Å²) in [6.45, 7) is 1.80. The maximum atomic E-state index is 12.4. The number of carbonyl (C=O) groups is 3. The number of hydrogen-bond acceptors (Lipinski definition) is 6. The number of carbonyl (C=O) groups excluding carboxylic acids is 3. The van der Waals surface area contributed by atoms with E-state index >= 15 is 0 Å². The standard InChI is InChI=1S/C19H24O6/c1-13-8-4-2-7-11-15(20)18(22)16(12-17(21)24-13)25-19(23)14-9-5-3-6-10-14/h3,5-6,9-10,13,15-16,20H,2,4,7-8,11-12H2,1H3/t13-,15-,16+/m0/s1. The Balaban J connectivity index is 2.12. The summed E-state index contributed by atoms with van der Waals surface area (Å²) in [7, 11) is 0. The van der Waals surface area contributed by atoms with Crippen molar-refractivity contribution < 1.29 is 29.0 Å². The molecule has 1 N–H and O–H groups in total. The van der Waals surface area contributed by atoms with E-state index in [9.17, 15) is 19.5 Å². The molecule has 0 unspecified atom stereocenters. The summed E-state index contributed by atoms with van der Waals surface area (Å²) in [5.41, 5.74) is 0.276. The summed E-state index contributed by atoms with van der Waals surface area (Å²) < 4.78 is 10.5. The molecule has 1 aromatic rings. The molecule has 0 radical (unpaired) electrons. The Bertz CT molecular complexity index is 597. The predicted octanol–water partition coefficient (Wildman–Crippen LogP) is 2.43. The van der Waals surface area contributed by atoms with E-state index in [1.165, 1.54) is 0 Å². The zero-order valence-corrected chi connectivity index (χ0v) is 14.3. The van der Waals surface area contributed by atoms with Crippen LogP contribution in [0.15, 0.2) is 30.3 Å². The van der Waals surface area contributed by atoms with Gasteiger partial charge in [-0.2, -0.15) is 0 Å². The van der Waals surface area contributed by atoms with Crippen molar-refractivity contribution in [2.45, 2.75) is 63.8 Å². The van der Waals surface area contributed by atoms with Gasteiger partial charge in [-0.3, -0.25) is 9.59 Å². The second-order valence-electron chi connectivity index (χ2n) is 6.32. The molecule has 2 rings (SSSR count). The van der Waals surface area contributed by atoms with Gasteiger partial charge in [0, 0.05) is 0 Å². The van der Waals surface area contributed by atoms with Gasteiger partial charge >= 0.3 is 11.9 Å². The second kappa shape index (κ2) is 9.32. The van der Waals surface area contributed by atoms with Crippen LogP contribution >= 0.6 is 0 Å². The van der Waals surface area contributed by atoms with Gasteiger partial charge in [-0.1, -0.05) is 31.0 Å². The molecule has 1 aromatic carbocycles. The highest BCUT2D eigenvalue weighted by molar-refractivity contribution is 5.95. The minimum atomic E-state index is -1.35. The van der Waals surface area contributed by atoms with Crippen molar-refractivity contribution in [2.75, 3.05) is 0 Å².